The van der Waals surface area contributed by atoms with Gasteiger partial charge in [-0.3, -0.25) is 5.10 Å². The van der Waals surface area contributed by atoms with Gasteiger partial charge in [-0.25, -0.2) is 4.79 Å². The van der Waals surface area contributed by atoms with Crippen molar-refractivity contribution in [3.8, 4) is 5.75 Å². The number of amides is 2. The molecule has 0 radical (unpaired) electrons. The number of nitrogens with zero attached hydrogens (tertiary/aromatic N) is 1. The molecule has 0 spiro atoms. The number of ether oxygens (including phenoxy) is 1. The summed E-state index contributed by atoms with van der Waals surface area (Å²) in [7, 11) is 1.60. The van der Waals surface area contributed by atoms with E-state index in [9.17, 15) is 4.79 Å². The number of urea groups is 1. The first kappa shape index (κ1) is 17.1. The monoisotopic (exact) mass is 336 g/mol. The van der Waals surface area contributed by atoms with E-state index in [-0.39, 0.29) is 6.03 Å². The number of methoxy groups -OCH3 is 1. The van der Waals surface area contributed by atoms with Crippen LogP contribution in [0.3, 0.4) is 0 Å². The average molecular weight is 337 g/mol. The van der Waals surface area contributed by atoms with Gasteiger partial charge in [-0.1, -0.05) is 17.7 Å². The van der Waals surface area contributed by atoms with Crippen molar-refractivity contribution < 1.29 is 9.53 Å². The summed E-state index contributed by atoms with van der Waals surface area (Å²) < 4.78 is 5.11. The van der Waals surface area contributed by atoms with Crippen LogP contribution in [0.5, 0.6) is 5.75 Å². The van der Waals surface area contributed by atoms with Crippen molar-refractivity contribution in [3.63, 3.8) is 0 Å². The summed E-state index contributed by atoms with van der Waals surface area (Å²) in [6.07, 6.45) is 0.653. The van der Waals surface area contributed by atoms with E-state index in [1.54, 1.807) is 13.2 Å². The highest BCUT2D eigenvalue weighted by atomic mass is 35.5. The summed E-state index contributed by atoms with van der Waals surface area (Å²) in [4.78, 5) is 11.8. The van der Waals surface area contributed by atoms with Crippen LogP contribution in [0.25, 0.3) is 0 Å². The van der Waals surface area contributed by atoms with Crippen LogP contribution in [0.1, 0.15) is 22.5 Å². The molecule has 124 valence electrons. The number of rotatable bonds is 6. The Balaban J connectivity index is 1.77. The fraction of sp³-hybridized carbons (Fsp3) is 0.375. The summed E-state index contributed by atoms with van der Waals surface area (Å²) in [5.41, 5.74) is 3.84. The number of aryl methyl sites for hydroxylation is 2. The van der Waals surface area contributed by atoms with Crippen molar-refractivity contribution in [1.82, 2.24) is 20.8 Å². The zero-order valence-electron chi connectivity index (χ0n) is 13.5. The van der Waals surface area contributed by atoms with Gasteiger partial charge in [0.15, 0.2) is 0 Å². The molecule has 1 heterocycles. The van der Waals surface area contributed by atoms with Gasteiger partial charge in [-0.15, -0.1) is 0 Å². The molecule has 0 aliphatic rings. The molecular weight excluding hydrogens is 316 g/mol. The summed E-state index contributed by atoms with van der Waals surface area (Å²) in [5.74, 6) is 0.718. The number of aromatic amines is 1. The van der Waals surface area contributed by atoms with Gasteiger partial charge in [0.2, 0.25) is 0 Å². The fourth-order valence-electron chi connectivity index (χ4n) is 2.23. The van der Waals surface area contributed by atoms with E-state index in [0.29, 0.717) is 24.5 Å². The molecule has 3 N–H and O–H groups in total. The molecule has 0 fully saturated rings. The zero-order valence-corrected chi connectivity index (χ0v) is 14.3. The molecule has 2 rings (SSSR count). The normalized spacial score (nSPS) is 10.4. The van der Waals surface area contributed by atoms with Crippen molar-refractivity contribution in [2.75, 3.05) is 13.7 Å². The molecule has 0 saturated carbocycles. The van der Waals surface area contributed by atoms with Crippen molar-refractivity contribution in [3.05, 3.63) is 45.7 Å². The largest absolute Gasteiger partial charge is 0.497 e. The second kappa shape index (κ2) is 7.87. The first-order valence-electron chi connectivity index (χ1n) is 7.35. The van der Waals surface area contributed by atoms with Crippen LogP contribution in [0.4, 0.5) is 4.79 Å². The number of hydrogen-bond acceptors (Lipinski definition) is 3. The molecule has 1 aromatic heterocycles. The lowest BCUT2D eigenvalue weighted by molar-refractivity contribution is 0.240. The lowest BCUT2D eigenvalue weighted by atomic mass is 10.1. The summed E-state index contributed by atoms with van der Waals surface area (Å²) in [6.45, 7) is 4.79. The quantitative estimate of drug-likeness (QED) is 0.759. The van der Waals surface area contributed by atoms with E-state index in [2.05, 4.69) is 20.8 Å². The van der Waals surface area contributed by atoms with Crippen LogP contribution in [-0.4, -0.2) is 29.9 Å². The van der Waals surface area contributed by atoms with Crippen LogP contribution in [-0.2, 0) is 13.0 Å². The lowest BCUT2D eigenvalue weighted by Gasteiger charge is -2.09. The Labute approximate surface area is 140 Å². The molecule has 0 unspecified atom stereocenters. The van der Waals surface area contributed by atoms with Crippen molar-refractivity contribution in [1.29, 1.82) is 0 Å². The first-order chi connectivity index (χ1) is 11.0. The third kappa shape index (κ3) is 4.63. The van der Waals surface area contributed by atoms with Crippen LogP contribution in [0.15, 0.2) is 18.2 Å². The van der Waals surface area contributed by atoms with E-state index in [1.165, 1.54) is 0 Å². The molecule has 0 atom stereocenters. The number of H-pyrrole nitrogens is 1. The van der Waals surface area contributed by atoms with Gasteiger partial charge in [-0.05, 0) is 38.0 Å². The fourth-order valence-corrected chi connectivity index (χ4v) is 2.50. The van der Waals surface area contributed by atoms with Gasteiger partial charge in [0.05, 0.1) is 12.8 Å². The molecule has 23 heavy (non-hydrogen) atoms. The van der Waals surface area contributed by atoms with E-state index < -0.39 is 0 Å². The second-order valence-electron chi connectivity index (χ2n) is 5.23. The SMILES string of the molecule is COc1ccc(CCNC(=O)NCc2c(C)n[nH]c2C)c(Cl)c1. The molecule has 2 aromatic rings. The van der Waals surface area contributed by atoms with Crippen LogP contribution in [0.2, 0.25) is 5.02 Å². The van der Waals surface area contributed by atoms with Gasteiger partial charge >= 0.3 is 6.03 Å². The summed E-state index contributed by atoms with van der Waals surface area (Å²) in [6, 6.07) is 5.31. The third-order valence-electron chi connectivity index (χ3n) is 3.65. The van der Waals surface area contributed by atoms with Gasteiger partial charge in [-0.2, -0.15) is 5.10 Å². The maximum atomic E-state index is 11.8. The van der Waals surface area contributed by atoms with Gasteiger partial charge in [0.1, 0.15) is 5.75 Å². The molecule has 0 bridgehead atoms. The topological polar surface area (TPSA) is 79.0 Å². The Hall–Kier alpha value is -2.21. The van der Waals surface area contributed by atoms with Crippen molar-refractivity contribution in [2.24, 2.45) is 0 Å². The lowest BCUT2D eigenvalue weighted by Crippen LogP contribution is -2.36. The highest BCUT2D eigenvalue weighted by Crippen LogP contribution is 2.22. The van der Waals surface area contributed by atoms with Crippen molar-refractivity contribution >= 4 is 17.6 Å². The smallest absolute Gasteiger partial charge is 0.315 e. The molecule has 2 amide bonds. The van der Waals surface area contributed by atoms with Gasteiger partial charge < -0.3 is 15.4 Å². The minimum Gasteiger partial charge on any atom is -0.497 e. The molecule has 0 aliphatic heterocycles. The number of hydrogen-bond donors (Lipinski definition) is 3. The Kier molecular flexibility index (Phi) is 5.87. The van der Waals surface area contributed by atoms with E-state index in [0.717, 1.165) is 28.3 Å². The van der Waals surface area contributed by atoms with E-state index in [1.807, 2.05) is 26.0 Å². The number of halogens is 1. The molecule has 6 nitrogen and oxygen atoms in total. The molecule has 0 saturated heterocycles. The third-order valence-corrected chi connectivity index (χ3v) is 4.00. The highest BCUT2D eigenvalue weighted by molar-refractivity contribution is 6.31. The van der Waals surface area contributed by atoms with Crippen LogP contribution >= 0.6 is 11.6 Å². The van der Waals surface area contributed by atoms with Crippen LogP contribution < -0.4 is 15.4 Å². The Morgan fingerprint density at radius 3 is 2.74 bits per heavy atom. The summed E-state index contributed by atoms with van der Waals surface area (Å²) in [5, 5.41) is 13.3. The standard InChI is InChI=1S/C16H21ClN4O2/c1-10-14(11(2)21-20-10)9-19-16(22)18-7-6-12-4-5-13(23-3)8-15(12)17/h4-5,8H,6-7,9H2,1-3H3,(H,20,21)(H2,18,19,22). The average Bonchev–Trinajstić information content (AvgIpc) is 2.85. The number of benzene rings is 1. The highest BCUT2D eigenvalue weighted by Gasteiger charge is 2.08. The number of aromatic nitrogens is 2. The van der Waals surface area contributed by atoms with Crippen LogP contribution in [0, 0.1) is 13.8 Å². The maximum absolute atomic E-state index is 11.8. The minimum atomic E-state index is -0.213. The second-order valence-corrected chi connectivity index (χ2v) is 5.64. The van der Waals surface area contributed by atoms with E-state index in [4.69, 9.17) is 16.3 Å². The summed E-state index contributed by atoms with van der Waals surface area (Å²) >= 11 is 6.17. The van der Waals surface area contributed by atoms with Crippen molar-refractivity contribution in [2.45, 2.75) is 26.8 Å². The number of nitrogens with one attached hydrogen (secondary N) is 3. The predicted octanol–water partition coefficient (Wildman–Crippen LogP) is 2.73. The number of carbonyl (C=O) groups excluding carboxylic acids is 1. The zero-order chi connectivity index (χ0) is 16.8. The molecule has 0 aliphatic carbocycles. The minimum absolute atomic E-state index is 0.213. The number of carbonyl (C=O) groups is 1. The molecular formula is C16H21ClN4O2. The Morgan fingerprint density at radius 1 is 1.35 bits per heavy atom. The maximum Gasteiger partial charge on any atom is 0.315 e. The van der Waals surface area contributed by atoms with Gasteiger partial charge in [0.25, 0.3) is 0 Å². The Morgan fingerprint density at radius 2 is 2.13 bits per heavy atom. The molecule has 7 heteroatoms. The van der Waals surface area contributed by atoms with Gasteiger partial charge in [0, 0.05) is 29.4 Å². The predicted molar refractivity (Wildman–Crippen MR) is 90.0 cm³/mol. The molecule has 1 aromatic carbocycles. The Bertz CT molecular complexity index is 665. The van der Waals surface area contributed by atoms with E-state index >= 15 is 0 Å². The first-order valence-corrected chi connectivity index (χ1v) is 7.73.